The van der Waals surface area contributed by atoms with E-state index in [0.29, 0.717) is 25.8 Å². The smallest absolute Gasteiger partial charge is 0.257 e. The van der Waals surface area contributed by atoms with Gasteiger partial charge in [-0.15, -0.1) is 0 Å². The second kappa shape index (κ2) is 5.74. The van der Waals surface area contributed by atoms with Crippen LogP contribution in [0.15, 0.2) is 46.9 Å². The molecule has 0 atom stereocenters. The largest absolute Gasteiger partial charge is 0.321 e. The van der Waals surface area contributed by atoms with Crippen molar-refractivity contribution in [2.45, 2.75) is 0 Å². The standard InChI is InChI=1S/C13H8BrCl2NO/c14-12-10(16)6-3-7-11(12)17-13(18)8-4-1-2-5-9(8)15/h1-7H,(H,17,18). The van der Waals surface area contributed by atoms with Crippen LogP contribution in [0.3, 0.4) is 0 Å². The van der Waals surface area contributed by atoms with Crippen molar-refractivity contribution in [3.63, 3.8) is 0 Å². The molecule has 92 valence electrons. The maximum absolute atomic E-state index is 12.0. The van der Waals surface area contributed by atoms with Gasteiger partial charge in [0.2, 0.25) is 0 Å². The molecule has 0 bridgehead atoms. The van der Waals surface area contributed by atoms with Crippen molar-refractivity contribution in [3.05, 3.63) is 62.5 Å². The van der Waals surface area contributed by atoms with Crippen molar-refractivity contribution in [2.75, 3.05) is 5.32 Å². The molecule has 0 aromatic heterocycles. The fourth-order valence-corrected chi connectivity index (χ4v) is 2.19. The summed E-state index contributed by atoms with van der Waals surface area (Å²) in [5, 5.41) is 3.70. The van der Waals surface area contributed by atoms with Crippen LogP contribution < -0.4 is 5.32 Å². The second-order valence-corrected chi connectivity index (χ2v) is 5.14. The van der Waals surface area contributed by atoms with E-state index < -0.39 is 0 Å². The van der Waals surface area contributed by atoms with Crippen molar-refractivity contribution in [2.24, 2.45) is 0 Å². The summed E-state index contributed by atoms with van der Waals surface area (Å²) in [6, 6.07) is 12.1. The van der Waals surface area contributed by atoms with Crippen LogP contribution in [0, 0.1) is 0 Å². The Morgan fingerprint density at radius 3 is 2.39 bits per heavy atom. The third-order valence-electron chi connectivity index (χ3n) is 2.32. The minimum atomic E-state index is -0.274. The molecule has 0 unspecified atom stereocenters. The average molecular weight is 345 g/mol. The summed E-state index contributed by atoms with van der Waals surface area (Å²) in [6.45, 7) is 0. The summed E-state index contributed by atoms with van der Waals surface area (Å²) < 4.78 is 0.645. The molecular formula is C13H8BrCl2NO. The molecule has 2 rings (SSSR count). The number of nitrogens with one attached hydrogen (secondary N) is 1. The van der Waals surface area contributed by atoms with Crippen molar-refractivity contribution < 1.29 is 4.79 Å². The number of hydrogen-bond acceptors (Lipinski definition) is 1. The van der Waals surface area contributed by atoms with E-state index in [-0.39, 0.29) is 5.91 Å². The third kappa shape index (κ3) is 2.86. The molecule has 1 N–H and O–H groups in total. The number of hydrogen-bond donors (Lipinski definition) is 1. The van der Waals surface area contributed by atoms with Gasteiger partial charge < -0.3 is 5.32 Å². The van der Waals surface area contributed by atoms with Crippen LogP contribution in [-0.2, 0) is 0 Å². The van der Waals surface area contributed by atoms with Crippen molar-refractivity contribution in [3.8, 4) is 0 Å². The highest BCUT2D eigenvalue weighted by Crippen LogP contribution is 2.30. The first-order valence-corrected chi connectivity index (χ1v) is 6.64. The van der Waals surface area contributed by atoms with E-state index in [9.17, 15) is 4.79 Å². The highest BCUT2D eigenvalue weighted by atomic mass is 79.9. The van der Waals surface area contributed by atoms with Crippen LogP contribution in [0.2, 0.25) is 10.0 Å². The lowest BCUT2D eigenvalue weighted by atomic mass is 10.2. The highest BCUT2D eigenvalue weighted by Gasteiger charge is 2.12. The molecule has 2 nitrogen and oxygen atoms in total. The van der Waals surface area contributed by atoms with Gasteiger partial charge in [-0.05, 0) is 40.2 Å². The van der Waals surface area contributed by atoms with Crippen LogP contribution in [0.5, 0.6) is 0 Å². The molecule has 18 heavy (non-hydrogen) atoms. The Bertz CT molecular complexity index is 601. The van der Waals surface area contributed by atoms with Gasteiger partial charge in [0.1, 0.15) is 0 Å². The molecule has 0 aliphatic heterocycles. The molecule has 0 aliphatic carbocycles. The molecule has 0 heterocycles. The lowest BCUT2D eigenvalue weighted by Crippen LogP contribution is -2.12. The van der Waals surface area contributed by atoms with Crippen molar-refractivity contribution in [1.82, 2.24) is 0 Å². The Kier molecular flexibility index (Phi) is 4.27. The SMILES string of the molecule is O=C(Nc1cccc(Cl)c1Br)c1ccccc1Cl. The van der Waals surface area contributed by atoms with Gasteiger partial charge in [0.15, 0.2) is 0 Å². The molecule has 0 aliphatic rings. The van der Waals surface area contributed by atoms with E-state index in [1.54, 1.807) is 42.5 Å². The molecule has 0 fully saturated rings. The molecule has 1 amide bonds. The van der Waals surface area contributed by atoms with E-state index >= 15 is 0 Å². The fourth-order valence-electron chi connectivity index (χ4n) is 1.44. The number of benzene rings is 2. The zero-order chi connectivity index (χ0) is 13.1. The first kappa shape index (κ1) is 13.4. The maximum atomic E-state index is 12.0. The van der Waals surface area contributed by atoms with Crippen LogP contribution in [0.1, 0.15) is 10.4 Å². The molecule has 0 radical (unpaired) electrons. The van der Waals surface area contributed by atoms with Gasteiger partial charge in [0, 0.05) is 0 Å². The summed E-state index contributed by atoms with van der Waals surface area (Å²) >= 11 is 15.2. The van der Waals surface area contributed by atoms with E-state index in [4.69, 9.17) is 23.2 Å². The van der Waals surface area contributed by atoms with Crippen LogP contribution in [0.25, 0.3) is 0 Å². The van der Waals surface area contributed by atoms with Crippen molar-refractivity contribution >= 4 is 50.7 Å². The molecule has 0 saturated heterocycles. The molecular weight excluding hydrogens is 337 g/mol. The highest BCUT2D eigenvalue weighted by molar-refractivity contribution is 9.10. The average Bonchev–Trinajstić information content (AvgIpc) is 2.35. The maximum Gasteiger partial charge on any atom is 0.257 e. The minimum absolute atomic E-state index is 0.274. The molecule has 2 aromatic rings. The van der Waals surface area contributed by atoms with Gasteiger partial charge in [-0.2, -0.15) is 0 Å². The summed E-state index contributed by atoms with van der Waals surface area (Å²) in [6.07, 6.45) is 0. The zero-order valence-corrected chi connectivity index (χ0v) is 12.2. The minimum Gasteiger partial charge on any atom is -0.321 e. The molecule has 0 spiro atoms. The number of carbonyl (C=O) groups excluding carboxylic acids is 1. The summed E-state index contributed by atoms with van der Waals surface area (Å²) in [5.41, 5.74) is 1.03. The lowest BCUT2D eigenvalue weighted by Gasteiger charge is -2.09. The Balaban J connectivity index is 2.27. The normalized spacial score (nSPS) is 10.2. The van der Waals surface area contributed by atoms with E-state index in [1.807, 2.05) is 0 Å². The van der Waals surface area contributed by atoms with E-state index in [0.717, 1.165) is 0 Å². The topological polar surface area (TPSA) is 29.1 Å². The third-order valence-corrected chi connectivity index (χ3v) is 4.05. The number of rotatable bonds is 2. The molecule has 5 heteroatoms. The molecule has 2 aromatic carbocycles. The first-order chi connectivity index (χ1) is 8.59. The predicted octanol–water partition coefficient (Wildman–Crippen LogP) is 5.01. The number of halogens is 3. The Morgan fingerprint density at radius 2 is 1.67 bits per heavy atom. The van der Waals surface area contributed by atoms with Gasteiger partial charge in [-0.1, -0.05) is 41.4 Å². The quantitative estimate of drug-likeness (QED) is 0.815. The van der Waals surface area contributed by atoms with E-state index in [2.05, 4.69) is 21.2 Å². The Morgan fingerprint density at radius 1 is 1.00 bits per heavy atom. The monoisotopic (exact) mass is 343 g/mol. The molecule has 0 saturated carbocycles. The van der Waals surface area contributed by atoms with Gasteiger partial charge in [0.05, 0.1) is 25.8 Å². The summed E-state index contributed by atoms with van der Waals surface area (Å²) in [7, 11) is 0. The fraction of sp³-hybridized carbons (Fsp3) is 0. The lowest BCUT2D eigenvalue weighted by molar-refractivity contribution is 0.102. The summed E-state index contributed by atoms with van der Waals surface area (Å²) in [4.78, 5) is 12.0. The Hall–Kier alpha value is -1.03. The van der Waals surface area contributed by atoms with Gasteiger partial charge >= 0.3 is 0 Å². The van der Waals surface area contributed by atoms with Gasteiger partial charge in [0.25, 0.3) is 5.91 Å². The number of anilines is 1. The second-order valence-electron chi connectivity index (χ2n) is 3.54. The zero-order valence-electron chi connectivity index (χ0n) is 9.08. The van der Waals surface area contributed by atoms with Gasteiger partial charge in [-0.25, -0.2) is 0 Å². The van der Waals surface area contributed by atoms with Crippen molar-refractivity contribution in [1.29, 1.82) is 0 Å². The van der Waals surface area contributed by atoms with E-state index in [1.165, 1.54) is 0 Å². The Labute approximate surface area is 123 Å². The van der Waals surface area contributed by atoms with Crippen LogP contribution in [0.4, 0.5) is 5.69 Å². The predicted molar refractivity (Wildman–Crippen MR) is 78.6 cm³/mol. The first-order valence-electron chi connectivity index (χ1n) is 5.09. The van der Waals surface area contributed by atoms with Gasteiger partial charge in [-0.3, -0.25) is 4.79 Å². The number of carbonyl (C=O) groups is 1. The summed E-state index contributed by atoms with van der Waals surface area (Å²) in [5.74, 6) is -0.274. The van der Waals surface area contributed by atoms with Crippen LogP contribution in [-0.4, -0.2) is 5.91 Å². The number of amides is 1. The van der Waals surface area contributed by atoms with Crippen LogP contribution >= 0.6 is 39.1 Å².